The van der Waals surface area contributed by atoms with Crippen LogP contribution in [0, 0.1) is 0 Å². The van der Waals surface area contributed by atoms with Crippen molar-refractivity contribution in [2.24, 2.45) is 7.05 Å². The molecular weight excluding hydrogens is 368 g/mol. The fourth-order valence-electron chi connectivity index (χ4n) is 2.96. The fourth-order valence-corrected chi connectivity index (χ4v) is 4.40. The molecule has 0 atom stereocenters. The van der Waals surface area contributed by atoms with Gasteiger partial charge in [-0.3, -0.25) is 4.79 Å². The van der Waals surface area contributed by atoms with Crippen molar-refractivity contribution < 1.29 is 17.9 Å². The van der Waals surface area contributed by atoms with Gasteiger partial charge in [0.15, 0.2) is 5.03 Å². The van der Waals surface area contributed by atoms with E-state index in [1.807, 2.05) is 30.3 Å². The van der Waals surface area contributed by atoms with Crippen LogP contribution in [0.1, 0.15) is 12.0 Å². The van der Waals surface area contributed by atoms with E-state index in [1.54, 1.807) is 16.5 Å². The SMILES string of the molecule is Cn1cnc(S(=O)(=O)N2CCCN(C(=O)COCc3ccccc3)CC2)c1. The minimum Gasteiger partial charge on any atom is -0.367 e. The standard InChI is InChI=1S/C18H24N4O4S/c1-20-12-17(19-15-20)27(24,25)22-9-5-8-21(10-11-22)18(23)14-26-13-16-6-3-2-4-7-16/h2-4,6-7,12,15H,5,8-11,13-14H2,1H3. The number of hydrogen-bond acceptors (Lipinski definition) is 5. The van der Waals surface area contributed by atoms with Crippen LogP contribution in [-0.4, -0.2) is 65.9 Å². The van der Waals surface area contributed by atoms with Crippen LogP contribution in [-0.2, 0) is 33.2 Å². The molecule has 2 heterocycles. The zero-order valence-electron chi connectivity index (χ0n) is 15.3. The second-order valence-corrected chi connectivity index (χ2v) is 8.38. The molecule has 1 aromatic heterocycles. The quantitative estimate of drug-likeness (QED) is 0.728. The van der Waals surface area contributed by atoms with E-state index in [-0.39, 0.29) is 24.1 Å². The van der Waals surface area contributed by atoms with Gasteiger partial charge in [-0.05, 0) is 12.0 Å². The molecule has 1 aliphatic heterocycles. The number of aryl methyl sites for hydroxylation is 1. The second kappa shape index (κ2) is 8.64. The molecule has 1 saturated heterocycles. The molecule has 0 N–H and O–H groups in total. The number of carbonyl (C=O) groups is 1. The average Bonchev–Trinajstić information content (AvgIpc) is 2.95. The van der Waals surface area contributed by atoms with Gasteiger partial charge in [-0.2, -0.15) is 4.31 Å². The summed E-state index contributed by atoms with van der Waals surface area (Å²) in [4.78, 5) is 18.0. The number of benzene rings is 1. The van der Waals surface area contributed by atoms with Crippen molar-refractivity contribution >= 4 is 15.9 Å². The molecule has 0 radical (unpaired) electrons. The normalized spacial score (nSPS) is 16.3. The maximum absolute atomic E-state index is 12.7. The van der Waals surface area contributed by atoms with Gasteiger partial charge in [-0.25, -0.2) is 13.4 Å². The van der Waals surface area contributed by atoms with E-state index in [4.69, 9.17) is 4.74 Å². The van der Waals surface area contributed by atoms with E-state index in [9.17, 15) is 13.2 Å². The number of imidazole rings is 1. The first-order chi connectivity index (χ1) is 13.0. The zero-order valence-corrected chi connectivity index (χ0v) is 16.1. The van der Waals surface area contributed by atoms with Crippen molar-refractivity contribution in [3.05, 3.63) is 48.4 Å². The molecule has 1 fully saturated rings. The van der Waals surface area contributed by atoms with Crippen LogP contribution >= 0.6 is 0 Å². The number of rotatable bonds is 6. The van der Waals surface area contributed by atoms with E-state index in [0.717, 1.165) is 5.56 Å². The predicted octanol–water partition coefficient (Wildman–Crippen LogP) is 0.860. The summed E-state index contributed by atoms with van der Waals surface area (Å²) in [6, 6.07) is 9.65. The maximum Gasteiger partial charge on any atom is 0.262 e. The van der Waals surface area contributed by atoms with Crippen molar-refractivity contribution in [3.63, 3.8) is 0 Å². The Morgan fingerprint density at radius 3 is 2.63 bits per heavy atom. The van der Waals surface area contributed by atoms with Gasteiger partial charge in [0.2, 0.25) is 5.91 Å². The van der Waals surface area contributed by atoms with Gasteiger partial charge in [0.25, 0.3) is 10.0 Å². The summed E-state index contributed by atoms with van der Waals surface area (Å²) >= 11 is 0. The first kappa shape index (κ1) is 19.5. The molecule has 8 nitrogen and oxygen atoms in total. The Bertz CT molecular complexity index is 866. The molecular formula is C18H24N4O4S. The summed E-state index contributed by atoms with van der Waals surface area (Å²) in [6.45, 7) is 1.85. The minimum atomic E-state index is -3.63. The first-order valence-corrected chi connectivity index (χ1v) is 10.3. The zero-order chi connectivity index (χ0) is 19.3. The van der Waals surface area contributed by atoms with Crippen molar-refractivity contribution in [2.75, 3.05) is 32.8 Å². The first-order valence-electron chi connectivity index (χ1n) is 8.84. The number of aromatic nitrogens is 2. The highest BCUT2D eigenvalue weighted by molar-refractivity contribution is 7.89. The molecule has 27 heavy (non-hydrogen) atoms. The van der Waals surface area contributed by atoms with Gasteiger partial charge in [-0.1, -0.05) is 30.3 Å². The van der Waals surface area contributed by atoms with Gasteiger partial charge in [0, 0.05) is 39.4 Å². The largest absolute Gasteiger partial charge is 0.367 e. The summed E-state index contributed by atoms with van der Waals surface area (Å²) in [5, 5.41) is 0.0379. The summed E-state index contributed by atoms with van der Waals surface area (Å²) in [5.74, 6) is -0.122. The summed E-state index contributed by atoms with van der Waals surface area (Å²) in [6.07, 6.45) is 3.53. The van der Waals surface area contributed by atoms with E-state index in [2.05, 4.69) is 4.98 Å². The number of carbonyl (C=O) groups excluding carboxylic acids is 1. The lowest BCUT2D eigenvalue weighted by Crippen LogP contribution is -2.38. The predicted molar refractivity (Wildman–Crippen MR) is 99.3 cm³/mol. The molecule has 9 heteroatoms. The van der Waals surface area contributed by atoms with Crippen molar-refractivity contribution in [1.29, 1.82) is 0 Å². The Morgan fingerprint density at radius 1 is 1.15 bits per heavy atom. The lowest BCUT2D eigenvalue weighted by Gasteiger charge is -2.21. The van der Waals surface area contributed by atoms with Crippen LogP contribution in [0.2, 0.25) is 0 Å². The highest BCUT2D eigenvalue weighted by Gasteiger charge is 2.29. The third-order valence-corrected chi connectivity index (χ3v) is 6.21. The molecule has 0 saturated carbocycles. The highest BCUT2D eigenvalue weighted by Crippen LogP contribution is 2.16. The molecule has 146 valence electrons. The molecule has 0 spiro atoms. The second-order valence-electron chi connectivity index (χ2n) is 6.49. The summed E-state index contributed by atoms with van der Waals surface area (Å²) in [5.41, 5.74) is 1.01. The van der Waals surface area contributed by atoms with Gasteiger partial charge in [0.1, 0.15) is 6.61 Å². The molecule has 1 aromatic carbocycles. The number of sulfonamides is 1. The minimum absolute atomic E-state index is 0.0120. The fraction of sp³-hybridized carbons (Fsp3) is 0.444. The van der Waals surface area contributed by atoms with E-state index in [1.165, 1.54) is 16.8 Å². The molecule has 1 aliphatic rings. The Hall–Kier alpha value is -2.23. The lowest BCUT2D eigenvalue weighted by atomic mass is 10.2. The van der Waals surface area contributed by atoms with Crippen LogP contribution in [0.5, 0.6) is 0 Å². The smallest absolute Gasteiger partial charge is 0.262 e. The lowest BCUT2D eigenvalue weighted by molar-refractivity contribution is -0.136. The molecule has 1 amide bonds. The molecule has 0 bridgehead atoms. The number of amides is 1. The Balaban J connectivity index is 1.52. The topological polar surface area (TPSA) is 84.7 Å². The van der Waals surface area contributed by atoms with Gasteiger partial charge in [-0.15, -0.1) is 0 Å². The van der Waals surface area contributed by atoms with Crippen LogP contribution in [0.15, 0.2) is 47.9 Å². The third kappa shape index (κ3) is 4.94. The molecule has 0 unspecified atom stereocenters. The Kier molecular flexibility index (Phi) is 6.25. The van der Waals surface area contributed by atoms with Crippen LogP contribution in [0.4, 0.5) is 0 Å². The van der Waals surface area contributed by atoms with Crippen LogP contribution in [0.3, 0.4) is 0 Å². The molecule has 3 rings (SSSR count). The van der Waals surface area contributed by atoms with Crippen LogP contribution < -0.4 is 0 Å². The van der Waals surface area contributed by atoms with E-state index < -0.39 is 10.0 Å². The number of hydrogen-bond donors (Lipinski definition) is 0. The van der Waals surface area contributed by atoms with Gasteiger partial charge >= 0.3 is 0 Å². The van der Waals surface area contributed by atoms with Gasteiger partial charge in [0.05, 0.1) is 12.9 Å². The van der Waals surface area contributed by atoms with E-state index >= 15 is 0 Å². The molecule has 0 aliphatic carbocycles. The Labute approximate surface area is 159 Å². The Morgan fingerprint density at radius 2 is 1.93 bits per heavy atom. The van der Waals surface area contributed by atoms with Crippen molar-refractivity contribution in [3.8, 4) is 0 Å². The maximum atomic E-state index is 12.7. The monoisotopic (exact) mass is 392 g/mol. The van der Waals surface area contributed by atoms with Gasteiger partial charge < -0.3 is 14.2 Å². The van der Waals surface area contributed by atoms with Crippen molar-refractivity contribution in [2.45, 2.75) is 18.1 Å². The summed E-state index contributed by atoms with van der Waals surface area (Å²) < 4.78 is 33.9. The number of nitrogens with zero attached hydrogens (tertiary/aromatic N) is 4. The molecule has 2 aromatic rings. The third-order valence-electron chi connectivity index (χ3n) is 4.43. The average molecular weight is 392 g/mol. The van der Waals surface area contributed by atoms with E-state index in [0.29, 0.717) is 32.7 Å². The highest BCUT2D eigenvalue weighted by atomic mass is 32.2. The summed E-state index contributed by atoms with van der Waals surface area (Å²) in [7, 11) is -1.91. The van der Waals surface area contributed by atoms with Crippen LogP contribution in [0.25, 0.3) is 0 Å². The number of ether oxygens (including phenoxy) is 1. The van der Waals surface area contributed by atoms with Crippen molar-refractivity contribution in [1.82, 2.24) is 18.8 Å².